The zero-order valence-corrected chi connectivity index (χ0v) is 16.0. The van der Waals surface area contributed by atoms with Gasteiger partial charge in [-0.05, 0) is 35.4 Å². The van der Waals surface area contributed by atoms with Crippen molar-refractivity contribution in [2.45, 2.75) is 0 Å². The van der Waals surface area contributed by atoms with Crippen LogP contribution in [0.15, 0.2) is 49.1 Å². The molecule has 161 valence electrons. The summed E-state index contributed by atoms with van der Waals surface area (Å²) in [6.45, 7) is 0. The normalized spacial score (nSPS) is 7.45. The molecule has 0 aliphatic carbocycles. The maximum absolute atomic E-state index is 3.86. The van der Waals surface area contributed by atoms with Gasteiger partial charge < -0.3 is 43.1 Å². The van der Waals surface area contributed by atoms with E-state index < -0.39 is 0 Å². The summed E-state index contributed by atoms with van der Waals surface area (Å²) < 4.78 is 0. The van der Waals surface area contributed by atoms with Gasteiger partial charge in [-0.3, -0.25) is 30.6 Å². The molecule has 29 heavy (non-hydrogen) atoms. The summed E-state index contributed by atoms with van der Waals surface area (Å²) in [5, 5.41) is 28.2. The van der Waals surface area contributed by atoms with E-state index >= 15 is 0 Å². The van der Waals surface area contributed by atoms with E-state index in [2.05, 4.69) is 51.2 Å². The SMILES string of the molecule is O.O.[Mn+2].[OH3+].[OH3+].[OH3+].[OH3+].c1cc(-c2nnn[n-]2)ccn1.c1cc(-c2nnn[n-]2)ccn1. The summed E-state index contributed by atoms with van der Waals surface area (Å²) in [6, 6.07) is 7.22. The third kappa shape index (κ3) is 10.6. The van der Waals surface area contributed by atoms with Crippen molar-refractivity contribution in [2.75, 3.05) is 0 Å². The van der Waals surface area contributed by atoms with Gasteiger partial charge in [0.25, 0.3) is 0 Å². The van der Waals surface area contributed by atoms with Crippen LogP contribution in [-0.2, 0) is 39.0 Å². The summed E-state index contributed by atoms with van der Waals surface area (Å²) in [5.41, 5.74) is 1.76. The Bertz CT molecular complexity index is 725. The first-order chi connectivity index (χ1) is 10.9. The van der Waals surface area contributed by atoms with Gasteiger partial charge in [-0.25, -0.2) is 0 Å². The topological polar surface area (TPSA) is 326 Å². The largest absolute Gasteiger partial charge is 2.00 e. The van der Waals surface area contributed by atoms with Gasteiger partial charge in [0.05, 0.1) is 0 Å². The van der Waals surface area contributed by atoms with Crippen LogP contribution in [0.5, 0.6) is 0 Å². The molecule has 4 aromatic heterocycles. The van der Waals surface area contributed by atoms with E-state index in [4.69, 9.17) is 0 Å². The first kappa shape index (κ1) is 36.6. The van der Waals surface area contributed by atoms with Gasteiger partial charge in [0.1, 0.15) is 0 Å². The maximum Gasteiger partial charge on any atom is 2.00 e. The summed E-state index contributed by atoms with van der Waals surface area (Å²) in [4.78, 5) is 7.72. The third-order valence-electron chi connectivity index (χ3n) is 2.51. The summed E-state index contributed by atoms with van der Waals surface area (Å²) in [6.07, 6.45) is 6.69. The molecule has 0 aliphatic rings. The van der Waals surface area contributed by atoms with E-state index in [1.165, 1.54) is 0 Å². The van der Waals surface area contributed by atoms with E-state index in [0.717, 1.165) is 11.1 Å². The molecule has 4 heterocycles. The first-order valence-corrected chi connectivity index (χ1v) is 6.12. The second kappa shape index (κ2) is 19.5. The number of aromatic nitrogens is 10. The Morgan fingerprint density at radius 2 is 0.862 bits per heavy atom. The molecule has 0 saturated heterocycles. The summed E-state index contributed by atoms with van der Waals surface area (Å²) >= 11 is 0. The fourth-order valence-corrected chi connectivity index (χ4v) is 1.52. The Kier molecular flexibility index (Phi) is 24.6. The second-order valence-electron chi connectivity index (χ2n) is 3.88. The molecular weight excluding hydrogens is 435 g/mol. The molecule has 16 nitrogen and oxygen atoms in total. The van der Waals surface area contributed by atoms with Crippen LogP contribution >= 0.6 is 0 Å². The quantitative estimate of drug-likeness (QED) is 0.202. The molecule has 17 heteroatoms. The first-order valence-electron chi connectivity index (χ1n) is 6.12. The molecule has 0 fully saturated rings. The van der Waals surface area contributed by atoms with Crippen molar-refractivity contribution in [3.8, 4) is 22.8 Å². The predicted octanol–water partition coefficient (Wildman–Crippen LogP) is -5.56. The number of hydrogen-bond acceptors (Lipinski definition) is 8. The Morgan fingerprint density at radius 3 is 1.10 bits per heavy atom. The summed E-state index contributed by atoms with van der Waals surface area (Å²) in [7, 11) is 0. The zero-order valence-electron chi connectivity index (χ0n) is 14.8. The molecule has 0 spiro atoms. The molecule has 0 bridgehead atoms. The number of hydrogen-bond donors (Lipinski definition) is 0. The van der Waals surface area contributed by atoms with E-state index in [0.29, 0.717) is 11.6 Å². The minimum atomic E-state index is 0. The van der Waals surface area contributed by atoms with Crippen LogP contribution in [-0.4, -0.2) is 52.0 Å². The molecule has 0 saturated carbocycles. The Hall–Kier alpha value is -3.28. The van der Waals surface area contributed by atoms with Crippen molar-refractivity contribution in [1.82, 2.24) is 51.2 Å². The average Bonchev–Trinajstić information content (AvgIpc) is 3.31. The molecule has 4 aromatic rings. The Labute approximate surface area is 173 Å². The average molecular weight is 459 g/mol. The third-order valence-corrected chi connectivity index (χ3v) is 2.51. The molecule has 1 radical (unpaired) electrons. The molecular formula is C12H24MnN10O6+4. The fraction of sp³-hybridized carbons (Fsp3) is 0. The maximum atomic E-state index is 3.86. The van der Waals surface area contributed by atoms with Crippen molar-refractivity contribution in [3.63, 3.8) is 0 Å². The van der Waals surface area contributed by atoms with Crippen molar-refractivity contribution in [1.29, 1.82) is 0 Å². The summed E-state index contributed by atoms with van der Waals surface area (Å²) in [5.74, 6) is 1.07. The number of tetrazole rings is 2. The molecule has 0 aromatic carbocycles. The van der Waals surface area contributed by atoms with Crippen molar-refractivity contribution in [3.05, 3.63) is 49.1 Å². The zero-order chi connectivity index (χ0) is 15.0. The van der Waals surface area contributed by atoms with Crippen molar-refractivity contribution >= 4 is 0 Å². The van der Waals surface area contributed by atoms with Gasteiger partial charge >= 0.3 is 17.1 Å². The molecule has 16 N–H and O–H groups in total. The molecule has 0 atom stereocenters. The monoisotopic (exact) mass is 459 g/mol. The molecule has 4 rings (SSSR count). The van der Waals surface area contributed by atoms with E-state index in [9.17, 15) is 0 Å². The number of pyridine rings is 2. The Balaban J connectivity index is -0.000000107. The van der Waals surface area contributed by atoms with Crippen LogP contribution in [0.25, 0.3) is 22.8 Å². The van der Waals surface area contributed by atoms with Gasteiger partial charge in [0.2, 0.25) is 0 Å². The minimum Gasteiger partial charge on any atom is -0.457 e. The van der Waals surface area contributed by atoms with Crippen LogP contribution in [0.3, 0.4) is 0 Å². The Morgan fingerprint density at radius 1 is 0.552 bits per heavy atom. The van der Waals surface area contributed by atoms with Crippen LogP contribution < -0.4 is 10.2 Å². The smallest absolute Gasteiger partial charge is 0.457 e. The number of rotatable bonds is 2. The molecule has 0 unspecified atom stereocenters. The van der Waals surface area contributed by atoms with Crippen LogP contribution in [0.1, 0.15) is 0 Å². The number of nitrogens with zero attached hydrogens (tertiary/aromatic N) is 10. The van der Waals surface area contributed by atoms with Gasteiger partial charge in [0.15, 0.2) is 0 Å². The van der Waals surface area contributed by atoms with Crippen LogP contribution in [0.2, 0.25) is 0 Å². The van der Waals surface area contributed by atoms with Gasteiger partial charge in [-0.15, -0.1) is 0 Å². The van der Waals surface area contributed by atoms with Gasteiger partial charge in [-0.2, -0.15) is 10.4 Å². The van der Waals surface area contributed by atoms with Crippen molar-refractivity contribution in [2.24, 2.45) is 0 Å². The van der Waals surface area contributed by atoms with Crippen molar-refractivity contribution < 1.29 is 49.9 Å². The van der Waals surface area contributed by atoms with Gasteiger partial charge in [0, 0.05) is 36.4 Å². The van der Waals surface area contributed by atoms with E-state index in [1.807, 2.05) is 0 Å². The second-order valence-corrected chi connectivity index (χ2v) is 3.88. The standard InChI is InChI=1S/2C6H4N5.Mn.6H2O/c2*1-3-7-4-2-5(1)6-8-10-11-9-6;;;;;;;/h2*1-4H;;6*1H2/q2*-1;+2;;;;;;/p+4. The fourth-order valence-electron chi connectivity index (χ4n) is 1.52. The molecule has 0 amide bonds. The van der Waals surface area contributed by atoms with Crippen LogP contribution in [0.4, 0.5) is 0 Å². The van der Waals surface area contributed by atoms with E-state index in [-0.39, 0.29) is 49.9 Å². The predicted molar refractivity (Wildman–Crippen MR) is 99.5 cm³/mol. The molecule has 0 aliphatic heterocycles. The van der Waals surface area contributed by atoms with Gasteiger partial charge in [-0.1, -0.05) is 0 Å². The minimum absolute atomic E-state index is 0. The van der Waals surface area contributed by atoms with E-state index in [1.54, 1.807) is 49.1 Å². The van der Waals surface area contributed by atoms with Crippen LogP contribution in [0, 0.1) is 0 Å².